The molecule has 6 rings (SSSR count). The molecule has 2 aromatic heterocycles. The van der Waals surface area contributed by atoms with E-state index in [2.05, 4.69) is 0 Å². The van der Waals surface area contributed by atoms with Crippen molar-refractivity contribution in [2.75, 3.05) is 19.7 Å². The van der Waals surface area contributed by atoms with Crippen molar-refractivity contribution in [3.8, 4) is 11.4 Å². The second-order valence-electron chi connectivity index (χ2n) is 10.3. The summed E-state index contributed by atoms with van der Waals surface area (Å²) in [4.78, 5) is 44.5. The first kappa shape index (κ1) is 24.7. The Balaban J connectivity index is 1.59. The van der Waals surface area contributed by atoms with Crippen molar-refractivity contribution in [3.05, 3.63) is 61.7 Å². The summed E-state index contributed by atoms with van der Waals surface area (Å²) in [6.07, 6.45) is 0.466. The lowest BCUT2D eigenvalue weighted by Gasteiger charge is -2.33. The maximum Gasteiger partial charge on any atom is 0.340 e. The van der Waals surface area contributed by atoms with E-state index in [9.17, 15) is 29.0 Å². The van der Waals surface area contributed by atoms with Gasteiger partial charge in [0.2, 0.25) is 5.91 Å². The average molecular weight is 522 g/mol. The third-order valence-corrected chi connectivity index (χ3v) is 8.19. The first-order chi connectivity index (χ1) is 18.2. The van der Waals surface area contributed by atoms with Crippen LogP contribution in [-0.4, -0.2) is 56.2 Å². The Bertz CT molecular complexity index is 1600. The van der Waals surface area contributed by atoms with Crippen LogP contribution in [0.15, 0.2) is 16.9 Å². The zero-order valence-corrected chi connectivity index (χ0v) is 21.2. The topological polar surface area (TPSA) is 122 Å². The van der Waals surface area contributed by atoms with E-state index < -0.39 is 18.7 Å². The Morgan fingerprint density at radius 3 is 2.79 bits per heavy atom. The Morgan fingerprint density at radius 1 is 1.26 bits per heavy atom. The Hall–Kier alpha value is -3.63. The molecule has 2 aliphatic heterocycles. The van der Waals surface area contributed by atoms with E-state index in [1.807, 2.05) is 6.92 Å². The van der Waals surface area contributed by atoms with Crippen molar-refractivity contribution in [1.82, 2.24) is 14.5 Å². The van der Waals surface area contributed by atoms with Crippen LogP contribution in [0.25, 0.3) is 22.3 Å². The third kappa shape index (κ3) is 3.50. The molecule has 4 heterocycles. The van der Waals surface area contributed by atoms with Crippen LogP contribution in [-0.2, 0) is 33.9 Å². The highest BCUT2D eigenvalue weighted by atomic mass is 19.1. The molecule has 1 aromatic carbocycles. The first-order valence-corrected chi connectivity index (χ1v) is 12.9. The molecular weight excluding hydrogens is 493 g/mol. The van der Waals surface area contributed by atoms with E-state index in [0.29, 0.717) is 48.4 Å². The van der Waals surface area contributed by atoms with Gasteiger partial charge in [0.25, 0.3) is 5.56 Å². The van der Waals surface area contributed by atoms with Gasteiger partial charge in [0.1, 0.15) is 19.0 Å². The minimum Gasteiger partial charge on any atom is -0.458 e. The Morgan fingerprint density at radius 2 is 2.05 bits per heavy atom. The maximum absolute atomic E-state index is 15.0. The van der Waals surface area contributed by atoms with Gasteiger partial charge in [-0.25, -0.2) is 14.2 Å². The normalized spacial score (nSPS) is 19.1. The molecule has 2 atom stereocenters. The molecule has 38 heavy (non-hydrogen) atoms. The molecule has 1 amide bonds. The summed E-state index contributed by atoms with van der Waals surface area (Å²) in [6.45, 7) is 4.05. The molecule has 198 valence electrons. The quantitative estimate of drug-likeness (QED) is 0.386. The zero-order valence-electron chi connectivity index (χ0n) is 21.2. The van der Waals surface area contributed by atoms with E-state index in [4.69, 9.17) is 9.72 Å². The summed E-state index contributed by atoms with van der Waals surface area (Å²) in [5, 5.41) is 20.8. The van der Waals surface area contributed by atoms with Crippen LogP contribution < -0.4 is 5.56 Å². The highest BCUT2D eigenvalue weighted by Crippen LogP contribution is 2.46. The Kier molecular flexibility index (Phi) is 5.84. The smallest absolute Gasteiger partial charge is 0.340 e. The van der Waals surface area contributed by atoms with Crippen molar-refractivity contribution in [1.29, 1.82) is 0 Å². The molecule has 0 saturated heterocycles. The van der Waals surface area contributed by atoms with Gasteiger partial charge in [0.05, 0.1) is 29.0 Å². The standard InChI is InChI=1S/C28H28FN3O6/c1-3-6-31(22(34)11-33)9-14-4-5-15-13(2)19(29)8-20-24(15)23(14)17-10-32-21(25(17)30-20)7-16-18(27(32)36)12-38-28(37)26(16)35/h7-8,14,26,33,35H,3-6,9-12H2,1-2H3. The van der Waals surface area contributed by atoms with Crippen molar-refractivity contribution in [2.24, 2.45) is 0 Å². The molecule has 3 aromatic rings. The van der Waals surface area contributed by atoms with Crippen LogP contribution in [0.3, 0.4) is 0 Å². The van der Waals surface area contributed by atoms with E-state index >= 15 is 0 Å². The SMILES string of the molecule is CCCN(CC1CCc2c(C)c(F)cc3nc4c(c1c23)Cn1c-4cc2c(c1=O)COC(=O)C2O)C(=O)CO. The molecular formula is C28H28FN3O6. The summed E-state index contributed by atoms with van der Waals surface area (Å²) in [7, 11) is 0. The number of aryl methyl sites for hydroxylation is 1. The molecule has 0 fully saturated rings. The van der Waals surface area contributed by atoms with Crippen molar-refractivity contribution < 1.29 is 28.9 Å². The number of ether oxygens (including phenoxy) is 1. The second kappa shape index (κ2) is 8.99. The Labute approximate surface area is 217 Å². The number of hydrogen-bond donors (Lipinski definition) is 2. The maximum atomic E-state index is 15.0. The fraction of sp³-hybridized carbons (Fsp3) is 0.429. The minimum absolute atomic E-state index is 0.108. The predicted octanol–water partition coefficient (Wildman–Crippen LogP) is 2.22. The number of aromatic nitrogens is 2. The first-order valence-electron chi connectivity index (χ1n) is 12.9. The largest absolute Gasteiger partial charge is 0.458 e. The number of carbonyl (C=O) groups excluding carboxylic acids is 2. The number of pyridine rings is 2. The van der Waals surface area contributed by atoms with Gasteiger partial charge in [0, 0.05) is 41.6 Å². The lowest BCUT2D eigenvalue weighted by Crippen LogP contribution is -2.38. The molecule has 2 unspecified atom stereocenters. The molecule has 0 spiro atoms. The van der Waals surface area contributed by atoms with Crippen LogP contribution in [0, 0.1) is 12.7 Å². The third-order valence-electron chi connectivity index (χ3n) is 8.19. The number of aliphatic hydroxyl groups excluding tert-OH is 2. The fourth-order valence-electron chi connectivity index (χ4n) is 6.33. The number of benzene rings is 1. The number of rotatable bonds is 5. The van der Waals surface area contributed by atoms with Crippen molar-refractivity contribution in [3.63, 3.8) is 0 Å². The monoisotopic (exact) mass is 521 g/mol. The highest BCUT2D eigenvalue weighted by Gasteiger charge is 2.37. The van der Waals surface area contributed by atoms with Gasteiger partial charge in [-0.05, 0) is 48.9 Å². The van der Waals surface area contributed by atoms with Gasteiger partial charge in [-0.2, -0.15) is 0 Å². The average Bonchev–Trinajstić information content (AvgIpc) is 3.28. The highest BCUT2D eigenvalue weighted by molar-refractivity contribution is 5.93. The van der Waals surface area contributed by atoms with E-state index in [-0.39, 0.29) is 47.5 Å². The van der Waals surface area contributed by atoms with Crippen LogP contribution in [0.4, 0.5) is 4.39 Å². The van der Waals surface area contributed by atoms with Crippen LogP contribution in [0.1, 0.15) is 65.2 Å². The summed E-state index contributed by atoms with van der Waals surface area (Å²) in [5.74, 6) is -1.62. The minimum atomic E-state index is -1.56. The molecule has 0 radical (unpaired) electrons. The molecule has 0 bridgehead atoms. The number of esters is 1. The number of cyclic esters (lactones) is 1. The van der Waals surface area contributed by atoms with E-state index in [1.165, 1.54) is 6.07 Å². The lowest BCUT2D eigenvalue weighted by molar-refractivity contribution is -0.157. The molecule has 0 saturated carbocycles. The summed E-state index contributed by atoms with van der Waals surface area (Å²) < 4.78 is 21.5. The molecule has 9 nitrogen and oxygen atoms in total. The fourth-order valence-corrected chi connectivity index (χ4v) is 6.33. The summed E-state index contributed by atoms with van der Waals surface area (Å²) in [5.41, 5.74) is 4.72. The van der Waals surface area contributed by atoms with Crippen LogP contribution in [0.5, 0.6) is 0 Å². The van der Waals surface area contributed by atoms with Gasteiger partial charge in [-0.15, -0.1) is 0 Å². The number of hydrogen-bond acceptors (Lipinski definition) is 7. The van der Waals surface area contributed by atoms with E-state index in [1.54, 1.807) is 22.5 Å². The number of amides is 1. The lowest BCUT2D eigenvalue weighted by atomic mass is 9.78. The number of halogens is 1. The molecule has 10 heteroatoms. The van der Waals surface area contributed by atoms with Gasteiger partial charge in [-0.1, -0.05) is 6.92 Å². The van der Waals surface area contributed by atoms with Gasteiger partial charge in [-0.3, -0.25) is 9.59 Å². The molecule has 1 aliphatic carbocycles. The zero-order chi connectivity index (χ0) is 26.9. The predicted molar refractivity (Wildman–Crippen MR) is 135 cm³/mol. The summed E-state index contributed by atoms with van der Waals surface area (Å²) >= 11 is 0. The van der Waals surface area contributed by atoms with Crippen LogP contribution in [0.2, 0.25) is 0 Å². The van der Waals surface area contributed by atoms with Crippen LogP contribution >= 0.6 is 0 Å². The van der Waals surface area contributed by atoms with Gasteiger partial charge < -0.3 is 24.4 Å². The van der Waals surface area contributed by atoms with Gasteiger partial charge >= 0.3 is 5.97 Å². The van der Waals surface area contributed by atoms with Crippen molar-refractivity contribution in [2.45, 2.75) is 58.3 Å². The number of fused-ring (bicyclic) bond motifs is 5. The number of nitrogens with zero attached hydrogens (tertiary/aromatic N) is 3. The molecule has 2 N–H and O–H groups in total. The number of aliphatic hydroxyl groups is 2. The summed E-state index contributed by atoms with van der Waals surface area (Å²) in [6, 6.07) is 3.02. The van der Waals surface area contributed by atoms with E-state index in [0.717, 1.165) is 28.5 Å². The molecule has 3 aliphatic rings. The number of carbonyl (C=O) groups is 2. The van der Waals surface area contributed by atoms with Gasteiger partial charge in [0.15, 0.2) is 6.10 Å². The van der Waals surface area contributed by atoms with Crippen molar-refractivity contribution >= 4 is 22.8 Å². The second-order valence-corrected chi connectivity index (χ2v) is 10.3.